The van der Waals surface area contributed by atoms with Gasteiger partial charge in [0.1, 0.15) is 5.69 Å². The van der Waals surface area contributed by atoms with E-state index >= 15 is 0 Å². The molecule has 5 nitrogen and oxygen atoms in total. The minimum atomic E-state index is -0.214. The highest BCUT2D eigenvalue weighted by Gasteiger charge is 2.18. The van der Waals surface area contributed by atoms with Crippen LogP contribution in [0.4, 0.5) is 17.3 Å². The molecule has 0 spiro atoms. The molecule has 3 rings (SSSR count). The predicted molar refractivity (Wildman–Crippen MR) is 106 cm³/mol. The number of nitrogens with one attached hydrogen (secondary N) is 1. The summed E-state index contributed by atoms with van der Waals surface area (Å²) in [4.78, 5) is 23.0. The van der Waals surface area contributed by atoms with E-state index in [0.717, 1.165) is 5.69 Å². The molecular formula is C19H16Cl2N4O. The fourth-order valence-corrected chi connectivity index (χ4v) is 2.95. The molecule has 3 aromatic rings. The summed E-state index contributed by atoms with van der Waals surface area (Å²) in [5.41, 5.74) is 1.58. The van der Waals surface area contributed by atoms with E-state index in [1.165, 1.54) is 6.20 Å². The Labute approximate surface area is 161 Å². The predicted octanol–water partition coefficient (Wildman–Crippen LogP) is 5.19. The maximum Gasteiger partial charge on any atom is 0.277 e. The Morgan fingerprint density at radius 3 is 2.38 bits per heavy atom. The van der Waals surface area contributed by atoms with Crippen molar-refractivity contribution in [3.63, 3.8) is 0 Å². The van der Waals surface area contributed by atoms with Crippen molar-refractivity contribution >= 4 is 46.4 Å². The highest BCUT2D eigenvalue weighted by atomic mass is 35.5. The van der Waals surface area contributed by atoms with E-state index in [0.29, 0.717) is 22.3 Å². The summed E-state index contributed by atoms with van der Waals surface area (Å²) in [5.74, 6) is 0.0318. The second-order valence-electron chi connectivity index (χ2n) is 5.37. The number of hydrogen-bond donors (Lipinski definition) is 1. The van der Waals surface area contributed by atoms with Crippen molar-refractivity contribution in [1.82, 2.24) is 9.97 Å². The molecule has 0 atom stereocenters. The van der Waals surface area contributed by atoms with Gasteiger partial charge in [-0.25, -0.2) is 9.97 Å². The Bertz CT molecular complexity index is 898. The zero-order valence-corrected chi connectivity index (χ0v) is 15.5. The molecule has 0 saturated heterocycles. The average molecular weight is 387 g/mol. The normalized spacial score (nSPS) is 10.4. The van der Waals surface area contributed by atoms with Crippen molar-refractivity contribution in [2.75, 3.05) is 16.8 Å². The Morgan fingerprint density at radius 1 is 1.04 bits per heavy atom. The van der Waals surface area contributed by atoms with Crippen molar-refractivity contribution in [2.24, 2.45) is 0 Å². The number of anilines is 3. The molecule has 0 aliphatic heterocycles. The standard InChI is InChI=1S/C19H16Cl2N4O/c1-2-25(13-7-4-3-5-8-13)18(26)16-11-12-22-19(23-16)24-17-14(20)9-6-10-15(17)21/h3-12H,2H2,1H3,(H,22,23,24). The van der Waals surface area contributed by atoms with Gasteiger partial charge in [0.15, 0.2) is 0 Å². The third kappa shape index (κ3) is 3.95. The number of carbonyl (C=O) groups excluding carboxylic acids is 1. The van der Waals surface area contributed by atoms with Crippen LogP contribution in [0, 0.1) is 0 Å². The Hall–Kier alpha value is -2.63. The lowest BCUT2D eigenvalue weighted by Gasteiger charge is -2.20. The topological polar surface area (TPSA) is 58.1 Å². The maximum atomic E-state index is 12.9. The summed E-state index contributed by atoms with van der Waals surface area (Å²) in [6.45, 7) is 2.43. The van der Waals surface area contributed by atoms with Crippen molar-refractivity contribution in [3.05, 3.63) is 76.5 Å². The van der Waals surface area contributed by atoms with Gasteiger partial charge in [-0.2, -0.15) is 0 Å². The Morgan fingerprint density at radius 2 is 1.73 bits per heavy atom. The molecule has 0 aliphatic carbocycles. The van der Waals surface area contributed by atoms with Crippen LogP contribution in [0.5, 0.6) is 0 Å². The van der Waals surface area contributed by atoms with E-state index < -0.39 is 0 Å². The minimum absolute atomic E-state index is 0.214. The average Bonchev–Trinajstić information content (AvgIpc) is 2.66. The number of benzene rings is 2. The van der Waals surface area contributed by atoms with Crippen molar-refractivity contribution in [3.8, 4) is 0 Å². The number of aromatic nitrogens is 2. The Balaban J connectivity index is 1.88. The molecule has 1 heterocycles. The second-order valence-corrected chi connectivity index (χ2v) is 6.19. The molecule has 0 aliphatic rings. The lowest BCUT2D eigenvalue weighted by atomic mass is 10.2. The first kappa shape index (κ1) is 18.2. The van der Waals surface area contributed by atoms with Gasteiger partial charge in [-0.1, -0.05) is 47.5 Å². The maximum absolute atomic E-state index is 12.9. The lowest BCUT2D eigenvalue weighted by Crippen LogP contribution is -2.31. The number of rotatable bonds is 5. The van der Waals surface area contributed by atoms with Crippen LogP contribution in [-0.2, 0) is 0 Å². The molecule has 2 aromatic carbocycles. The van der Waals surface area contributed by atoms with Crippen molar-refractivity contribution in [1.29, 1.82) is 0 Å². The third-order valence-electron chi connectivity index (χ3n) is 3.70. The molecule has 132 valence electrons. The summed E-state index contributed by atoms with van der Waals surface area (Å²) >= 11 is 12.3. The van der Waals surface area contributed by atoms with Gasteiger partial charge in [0.25, 0.3) is 5.91 Å². The number of hydrogen-bond acceptors (Lipinski definition) is 4. The monoisotopic (exact) mass is 386 g/mol. The Kier molecular flexibility index (Phi) is 5.71. The van der Waals surface area contributed by atoms with E-state index in [1.807, 2.05) is 37.3 Å². The number of amides is 1. The summed E-state index contributed by atoms with van der Waals surface area (Å²) in [5, 5.41) is 3.86. The van der Waals surface area contributed by atoms with Crippen molar-refractivity contribution < 1.29 is 4.79 Å². The summed E-state index contributed by atoms with van der Waals surface area (Å²) in [6.07, 6.45) is 1.52. The summed E-state index contributed by atoms with van der Waals surface area (Å²) in [6, 6.07) is 16.2. The van der Waals surface area contributed by atoms with Crippen LogP contribution in [0.15, 0.2) is 60.8 Å². The van der Waals surface area contributed by atoms with Gasteiger partial charge in [0.2, 0.25) is 5.95 Å². The number of para-hydroxylation sites is 2. The van der Waals surface area contributed by atoms with Crippen LogP contribution < -0.4 is 10.2 Å². The third-order valence-corrected chi connectivity index (χ3v) is 4.33. The smallest absolute Gasteiger partial charge is 0.277 e. The van der Waals surface area contributed by atoms with Gasteiger partial charge in [-0.3, -0.25) is 4.79 Å². The van der Waals surface area contributed by atoms with Gasteiger partial charge < -0.3 is 10.2 Å². The zero-order chi connectivity index (χ0) is 18.5. The second kappa shape index (κ2) is 8.17. The molecule has 7 heteroatoms. The van der Waals surface area contributed by atoms with Crippen LogP contribution in [0.2, 0.25) is 10.0 Å². The van der Waals surface area contributed by atoms with Gasteiger partial charge in [-0.15, -0.1) is 0 Å². The fraction of sp³-hybridized carbons (Fsp3) is 0.105. The first-order valence-electron chi connectivity index (χ1n) is 8.01. The zero-order valence-electron chi connectivity index (χ0n) is 14.0. The highest BCUT2D eigenvalue weighted by Crippen LogP contribution is 2.31. The highest BCUT2D eigenvalue weighted by molar-refractivity contribution is 6.39. The molecule has 1 amide bonds. The largest absolute Gasteiger partial charge is 0.322 e. The molecule has 0 unspecified atom stereocenters. The first-order valence-corrected chi connectivity index (χ1v) is 8.76. The minimum Gasteiger partial charge on any atom is -0.322 e. The van der Waals surface area contributed by atoms with Crippen LogP contribution in [0.3, 0.4) is 0 Å². The summed E-state index contributed by atoms with van der Waals surface area (Å²) in [7, 11) is 0. The number of halogens is 2. The van der Waals surface area contributed by atoms with E-state index in [-0.39, 0.29) is 17.5 Å². The van der Waals surface area contributed by atoms with Crippen LogP contribution in [0.1, 0.15) is 17.4 Å². The molecule has 1 N–H and O–H groups in total. The molecule has 0 radical (unpaired) electrons. The van der Waals surface area contributed by atoms with E-state index in [1.54, 1.807) is 29.2 Å². The van der Waals surface area contributed by atoms with Crippen LogP contribution in [-0.4, -0.2) is 22.4 Å². The van der Waals surface area contributed by atoms with Crippen molar-refractivity contribution in [2.45, 2.75) is 6.92 Å². The van der Waals surface area contributed by atoms with Gasteiger partial charge in [0.05, 0.1) is 15.7 Å². The van der Waals surface area contributed by atoms with Gasteiger partial charge >= 0.3 is 0 Å². The molecule has 0 saturated carbocycles. The lowest BCUT2D eigenvalue weighted by molar-refractivity contribution is 0.0983. The molecule has 0 bridgehead atoms. The number of carbonyl (C=O) groups is 1. The molecule has 0 fully saturated rings. The quantitative estimate of drug-likeness (QED) is 0.654. The van der Waals surface area contributed by atoms with Crippen LogP contribution >= 0.6 is 23.2 Å². The van der Waals surface area contributed by atoms with E-state index in [2.05, 4.69) is 15.3 Å². The molecular weight excluding hydrogens is 371 g/mol. The van der Waals surface area contributed by atoms with Gasteiger partial charge in [-0.05, 0) is 37.3 Å². The van der Waals surface area contributed by atoms with Crippen LogP contribution in [0.25, 0.3) is 0 Å². The molecule has 26 heavy (non-hydrogen) atoms. The van der Waals surface area contributed by atoms with E-state index in [4.69, 9.17) is 23.2 Å². The first-order chi connectivity index (χ1) is 12.6. The summed E-state index contributed by atoms with van der Waals surface area (Å²) < 4.78 is 0. The SMILES string of the molecule is CCN(C(=O)c1ccnc(Nc2c(Cl)cccc2Cl)n1)c1ccccc1. The molecule has 1 aromatic heterocycles. The number of nitrogens with zero attached hydrogens (tertiary/aromatic N) is 3. The van der Waals surface area contributed by atoms with E-state index in [9.17, 15) is 4.79 Å². The van der Waals surface area contributed by atoms with Gasteiger partial charge in [0, 0.05) is 18.4 Å². The fourth-order valence-electron chi connectivity index (χ4n) is 2.46.